The van der Waals surface area contributed by atoms with Crippen molar-refractivity contribution in [1.29, 1.82) is 0 Å². The predicted molar refractivity (Wildman–Crippen MR) is 73.1 cm³/mol. The second kappa shape index (κ2) is 6.20. The van der Waals surface area contributed by atoms with E-state index in [9.17, 15) is 0 Å². The van der Waals surface area contributed by atoms with Crippen molar-refractivity contribution in [2.24, 2.45) is 0 Å². The molecule has 1 unspecified atom stereocenters. The van der Waals surface area contributed by atoms with Gasteiger partial charge in [0.1, 0.15) is 11.4 Å². The SMILES string of the molecule is [2H]C(=O)[O-].[2H][N+]12C3=C(/C=C/C)C(CC)=C1CCC[C@@H]2CC3. The highest BCUT2D eigenvalue weighted by atomic mass is 16.3. The molecule has 0 bridgehead atoms. The lowest BCUT2D eigenvalue weighted by Crippen LogP contribution is -3.10. The minimum atomic E-state index is -1.83. The standard InChI is InChI=1S/C15H21N.CH2O2/c1-3-6-13-12(4-2)14-8-5-7-11-9-10-15(13)16(11)14;2-1-3/h3,6,11H,4-5,7-10H2,1-2H3;1H,(H,2,3)/b6-3+;/t11-;/m1./s1/i;1D/hD. The number of piperidine rings is 1. The maximum atomic E-state index is 8.94. The summed E-state index contributed by atoms with van der Waals surface area (Å²) < 4.78 is 14.3. The molecule has 3 rings (SSSR count). The van der Waals surface area contributed by atoms with Crippen molar-refractivity contribution in [3.05, 3.63) is 34.7 Å². The normalized spacial score (nSPS) is 33.9. The molecule has 1 N–H and O–H groups in total. The summed E-state index contributed by atoms with van der Waals surface area (Å²) in [6.45, 7) is 4.33. The first-order chi connectivity index (χ1) is 9.96. The van der Waals surface area contributed by atoms with Gasteiger partial charge in [0.15, 0.2) is 0 Å². The van der Waals surface area contributed by atoms with Crippen LogP contribution in [0.5, 0.6) is 0 Å². The van der Waals surface area contributed by atoms with E-state index in [0.717, 1.165) is 19.3 Å². The molecule has 0 aromatic carbocycles. The first kappa shape index (κ1) is 11.5. The van der Waals surface area contributed by atoms with Crippen molar-refractivity contribution >= 4 is 6.45 Å². The van der Waals surface area contributed by atoms with Gasteiger partial charge < -0.3 is 9.90 Å². The molecular formula is C16H23NO2. The maximum Gasteiger partial charge on any atom is 0.360 e. The average Bonchev–Trinajstić information content (AvgIpc) is 2.87. The zero-order valence-electron chi connectivity index (χ0n) is 13.7. The molecule has 0 radical (unpaired) electrons. The van der Waals surface area contributed by atoms with Gasteiger partial charge in [0, 0.05) is 43.3 Å². The molecule has 104 valence electrons. The van der Waals surface area contributed by atoms with E-state index in [2.05, 4.69) is 26.0 Å². The molecule has 0 amide bonds. The molecule has 19 heavy (non-hydrogen) atoms. The Labute approximate surface area is 118 Å². The van der Waals surface area contributed by atoms with E-state index in [1.165, 1.54) is 41.8 Å². The number of quaternary nitrogens is 1. The summed E-state index contributed by atoms with van der Waals surface area (Å²) >= 11 is 0. The smallest absolute Gasteiger partial charge is 0.360 e. The summed E-state index contributed by atoms with van der Waals surface area (Å²) in [5.41, 5.74) is 5.70. The van der Waals surface area contributed by atoms with Crippen LogP contribution in [0, 0.1) is 0 Å². The van der Waals surface area contributed by atoms with Gasteiger partial charge in [-0.25, -0.2) is 0 Å². The summed E-state index contributed by atoms with van der Waals surface area (Å²) in [6, 6.07) is 0.554. The molecule has 0 aromatic rings. The molecule has 0 spiro atoms. The van der Waals surface area contributed by atoms with Gasteiger partial charge in [-0.3, -0.25) is 4.89 Å². The second-order valence-corrected chi connectivity index (χ2v) is 5.18. The highest BCUT2D eigenvalue weighted by Gasteiger charge is 2.45. The third-order valence-electron chi connectivity index (χ3n) is 4.28. The van der Waals surface area contributed by atoms with Crippen LogP contribution in [0.3, 0.4) is 0 Å². The molecule has 2 saturated heterocycles. The van der Waals surface area contributed by atoms with Crippen molar-refractivity contribution in [2.75, 3.05) is 0 Å². The number of hydrogen-bond acceptors (Lipinski definition) is 2. The molecule has 3 heterocycles. The van der Waals surface area contributed by atoms with Crippen LogP contribution in [0.1, 0.15) is 53.7 Å². The van der Waals surface area contributed by atoms with Gasteiger partial charge in [0.05, 0.1) is 7.41 Å². The highest BCUT2D eigenvalue weighted by molar-refractivity contribution is 5.47. The maximum absolute atomic E-state index is 8.94. The number of nitrogens with one attached hydrogen (secondary N) is 1. The topological polar surface area (TPSA) is 44.6 Å². The minimum Gasteiger partial charge on any atom is -0.554 e. The summed E-state index contributed by atoms with van der Waals surface area (Å²) in [5.74, 6) is 0. The van der Waals surface area contributed by atoms with E-state index in [-0.39, 0.29) is 0 Å². The predicted octanol–water partition coefficient (Wildman–Crippen LogP) is 1.09. The minimum absolute atomic E-state index is 0.461. The summed E-state index contributed by atoms with van der Waals surface area (Å²) in [4.78, 5) is 9.02. The Morgan fingerprint density at radius 3 is 2.84 bits per heavy atom. The Morgan fingerprint density at radius 1 is 1.47 bits per heavy atom. The van der Waals surface area contributed by atoms with E-state index < -0.39 is 6.45 Å². The largest absolute Gasteiger partial charge is 0.554 e. The van der Waals surface area contributed by atoms with Gasteiger partial charge in [0.25, 0.3) is 0 Å². The lowest BCUT2D eigenvalue weighted by atomic mass is 9.94. The Morgan fingerprint density at radius 2 is 2.21 bits per heavy atom. The Kier molecular flexibility index (Phi) is 3.74. The zero-order valence-corrected chi connectivity index (χ0v) is 11.7. The van der Waals surface area contributed by atoms with E-state index >= 15 is 0 Å². The second-order valence-electron chi connectivity index (χ2n) is 5.18. The molecule has 0 aliphatic carbocycles. The van der Waals surface area contributed by atoms with Gasteiger partial charge in [0.2, 0.25) is 0 Å². The van der Waals surface area contributed by atoms with Crippen LogP contribution in [-0.4, -0.2) is 12.5 Å². The van der Waals surface area contributed by atoms with Crippen LogP contribution in [-0.2, 0) is 4.79 Å². The third-order valence-corrected chi connectivity index (χ3v) is 4.28. The first-order valence-electron chi connectivity index (χ1n) is 8.09. The summed E-state index contributed by atoms with van der Waals surface area (Å²) in [7, 11) is 0. The Balaban J connectivity index is 0.000000361. The summed E-state index contributed by atoms with van der Waals surface area (Å²) in [5, 5.41) is 8.56. The van der Waals surface area contributed by atoms with Crippen LogP contribution in [0.4, 0.5) is 0 Å². The molecule has 3 heteroatoms. The number of rotatable bonds is 2. The highest BCUT2D eigenvalue weighted by Crippen LogP contribution is 2.35. The molecule has 0 aromatic heterocycles. The van der Waals surface area contributed by atoms with E-state index in [1.54, 1.807) is 0 Å². The molecule has 2 fully saturated rings. The lowest BCUT2D eigenvalue weighted by molar-refractivity contribution is -0.841. The zero-order chi connectivity index (χ0) is 15.6. The quantitative estimate of drug-likeness (QED) is 0.758. The molecule has 3 aliphatic rings. The third kappa shape index (κ3) is 2.39. The monoisotopic (exact) mass is 263 g/mol. The van der Waals surface area contributed by atoms with Crippen LogP contribution in [0.2, 0.25) is 1.41 Å². The van der Waals surface area contributed by atoms with E-state index in [1.807, 2.05) is 0 Å². The van der Waals surface area contributed by atoms with Gasteiger partial charge >= 0.3 is 1.41 Å². The van der Waals surface area contributed by atoms with Gasteiger partial charge in [-0.1, -0.05) is 19.1 Å². The first-order valence-corrected chi connectivity index (χ1v) is 7.15. The molecule has 2 atom stereocenters. The Bertz CT molecular complexity index is 532. The fourth-order valence-corrected chi connectivity index (χ4v) is 3.70. The van der Waals surface area contributed by atoms with Gasteiger partial charge in [-0.2, -0.15) is 0 Å². The Hall–Kier alpha value is -1.35. The molecular weight excluding hydrogens is 238 g/mol. The van der Waals surface area contributed by atoms with Crippen molar-refractivity contribution in [2.45, 2.75) is 58.4 Å². The molecule has 3 nitrogen and oxygen atoms in total. The molecule has 3 aliphatic heterocycles. The summed E-state index contributed by atoms with van der Waals surface area (Å²) in [6.07, 6.45) is 9.68. The van der Waals surface area contributed by atoms with Crippen LogP contribution >= 0.6 is 0 Å². The van der Waals surface area contributed by atoms with Gasteiger partial charge in [-0.05, 0) is 19.8 Å². The fraction of sp³-hybridized carbons (Fsp3) is 0.562. The van der Waals surface area contributed by atoms with Crippen molar-refractivity contribution in [3.8, 4) is 0 Å². The van der Waals surface area contributed by atoms with Crippen molar-refractivity contribution in [1.82, 2.24) is 0 Å². The van der Waals surface area contributed by atoms with E-state index in [4.69, 9.17) is 12.7 Å². The lowest BCUT2D eigenvalue weighted by Gasteiger charge is -2.26. The number of carbonyl (C=O) groups is 1. The number of carboxylic acid groups (broad SMARTS) is 1. The fourth-order valence-electron chi connectivity index (χ4n) is 3.70. The van der Waals surface area contributed by atoms with Crippen LogP contribution in [0.25, 0.3) is 0 Å². The number of carbonyl (C=O) groups excluding carboxylic acids is 1. The molecule has 0 saturated carbocycles. The van der Waals surface area contributed by atoms with Crippen LogP contribution < -0.4 is 10.00 Å². The van der Waals surface area contributed by atoms with Crippen LogP contribution in [0.15, 0.2) is 34.7 Å². The van der Waals surface area contributed by atoms with E-state index in [0.29, 0.717) is 10.9 Å². The van der Waals surface area contributed by atoms with Gasteiger partial charge in [-0.15, -0.1) is 0 Å². The number of hydrogen-bond donors (Lipinski definition) is 1. The number of allylic oxidation sites excluding steroid dienone is 6. The van der Waals surface area contributed by atoms with Crippen molar-refractivity contribution in [3.63, 3.8) is 0 Å². The average molecular weight is 263 g/mol. The van der Waals surface area contributed by atoms with Crippen molar-refractivity contribution < 1.29 is 17.6 Å².